The molecule has 0 bridgehead atoms. The van der Waals surface area contributed by atoms with E-state index in [1.807, 2.05) is 24.3 Å². The van der Waals surface area contributed by atoms with Crippen LogP contribution in [0.15, 0.2) is 48.8 Å². The van der Waals surface area contributed by atoms with Crippen molar-refractivity contribution in [2.24, 2.45) is 0 Å². The van der Waals surface area contributed by atoms with Crippen molar-refractivity contribution in [3.8, 4) is 0 Å². The third-order valence-electron chi connectivity index (χ3n) is 2.60. The first kappa shape index (κ1) is 17.5. The molecule has 0 fully saturated rings. The molecule has 21 heavy (non-hydrogen) atoms. The summed E-state index contributed by atoms with van der Waals surface area (Å²) in [5.41, 5.74) is 1.33. The monoisotopic (exact) mass is 309 g/mol. The number of nitrogens with zero attached hydrogens (tertiary/aromatic N) is 2. The molecule has 114 valence electrons. The lowest BCUT2D eigenvalue weighted by Crippen LogP contribution is -2.17. The molecule has 2 aromatic heterocycles. The molecule has 2 rings (SSSR count). The molecule has 5 nitrogen and oxygen atoms in total. The summed E-state index contributed by atoms with van der Waals surface area (Å²) in [7, 11) is 1.80. The molecule has 0 amide bonds. The minimum Gasteiger partial charge on any atom is -0.386 e. The Hall–Kier alpha value is -1.53. The van der Waals surface area contributed by atoms with Crippen LogP contribution >= 0.6 is 11.6 Å². The number of halogens is 1. The number of hydrogen-bond donors (Lipinski definition) is 3. The minimum atomic E-state index is -0.636. The highest BCUT2D eigenvalue weighted by atomic mass is 35.5. The van der Waals surface area contributed by atoms with Crippen molar-refractivity contribution in [3.63, 3.8) is 0 Å². The van der Waals surface area contributed by atoms with Gasteiger partial charge in [-0.3, -0.25) is 9.97 Å². The van der Waals surface area contributed by atoms with Gasteiger partial charge in [-0.05, 0) is 31.3 Å². The second-order valence-electron chi connectivity index (χ2n) is 4.25. The molecule has 0 aliphatic carbocycles. The fourth-order valence-electron chi connectivity index (χ4n) is 1.52. The first-order valence-electron chi connectivity index (χ1n) is 6.57. The van der Waals surface area contributed by atoms with Gasteiger partial charge in [-0.1, -0.05) is 12.1 Å². The Morgan fingerprint density at radius 1 is 1.00 bits per heavy atom. The quantitative estimate of drug-likeness (QED) is 0.733. The third kappa shape index (κ3) is 6.64. The van der Waals surface area contributed by atoms with E-state index in [1.54, 1.807) is 31.6 Å². The maximum absolute atomic E-state index is 9.40. The van der Waals surface area contributed by atoms with E-state index in [1.165, 1.54) is 0 Å². The lowest BCUT2D eigenvalue weighted by Gasteiger charge is -2.07. The summed E-state index contributed by atoms with van der Waals surface area (Å²) < 4.78 is 0. The number of aliphatic hydroxyl groups excluding tert-OH is 2. The molecule has 0 aromatic carbocycles. The highest BCUT2D eigenvalue weighted by molar-refractivity contribution is 6.18. The summed E-state index contributed by atoms with van der Waals surface area (Å²) in [5, 5.41) is 21.4. The number of hydrogen-bond acceptors (Lipinski definition) is 5. The van der Waals surface area contributed by atoms with E-state index in [2.05, 4.69) is 15.3 Å². The van der Waals surface area contributed by atoms with Gasteiger partial charge in [0.05, 0.1) is 17.3 Å². The number of pyridine rings is 2. The Kier molecular flexibility index (Phi) is 8.54. The zero-order valence-electron chi connectivity index (χ0n) is 11.9. The van der Waals surface area contributed by atoms with E-state index in [0.717, 1.165) is 0 Å². The van der Waals surface area contributed by atoms with E-state index in [0.29, 0.717) is 17.9 Å². The van der Waals surface area contributed by atoms with Crippen LogP contribution in [0, 0.1) is 0 Å². The van der Waals surface area contributed by atoms with Gasteiger partial charge in [0.25, 0.3) is 0 Å². The molecular weight excluding hydrogens is 290 g/mol. The first-order valence-corrected chi connectivity index (χ1v) is 7.11. The smallest absolute Gasteiger partial charge is 0.109 e. The second-order valence-corrected chi connectivity index (χ2v) is 4.56. The predicted molar refractivity (Wildman–Crippen MR) is 83.0 cm³/mol. The summed E-state index contributed by atoms with van der Waals surface area (Å²) in [6.45, 7) is 0.539. The van der Waals surface area contributed by atoms with Crippen LogP contribution in [0.3, 0.4) is 0 Å². The van der Waals surface area contributed by atoms with Gasteiger partial charge in [0.15, 0.2) is 0 Å². The summed E-state index contributed by atoms with van der Waals surface area (Å²) in [5.74, 6) is 0.191. The van der Waals surface area contributed by atoms with E-state index in [9.17, 15) is 5.11 Å². The van der Waals surface area contributed by atoms with Crippen molar-refractivity contribution in [2.45, 2.75) is 12.2 Å². The molecule has 0 saturated heterocycles. The largest absolute Gasteiger partial charge is 0.386 e. The van der Waals surface area contributed by atoms with Crippen LogP contribution in [0.25, 0.3) is 0 Å². The van der Waals surface area contributed by atoms with Gasteiger partial charge >= 0.3 is 0 Å². The van der Waals surface area contributed by atoms with Crippen LogP contribution in [0.5, 0.6) is 0 Å². The topological polar surface area (TPSA) is 78.3 Å². The fourth-order valence-corrected chi connectivity index (χ4v) is 1.68. The molecule has 0 unspecified atom stereocenters. The van der Waals surface area contributed by atoms with Gasteiger partial charge in [-0.2, -0.15) is 0 Å². The summed E-state index contributed by atoms with van der Waals surface area (Å²) in [4.78, 5) is 7.92. The maximum atomic E-state index is 9.40. The van der Waals surface area contributed by atoms with Crippen molar-refractivity contribution in [1.29, 1.82) is 0 Å². The third-order valence-corrected chi connectivity index (χ3v) is 2.89. The first-order chi connectivity index (χ1) is 10.2. The summed E-state index contributed by atoms with van der Waals surface area (Å²) in [6, 6.07) is 10.9. The standard InChI is InChI=1S/C8H12N2O.C7H8ClNO/c1-9-6-8(11)7-4-2-3-5-10-7;8-5-7(10)6-3-1-2-4-9-6/h2-5,8-9,11H,6H2,1H3;1-4,7,10H,5H2/t8-;7-/m11/s1. The minimum absolute atomic E-state index is 0.191. The molecule has 0 radical (unpaired) electrons. The van der Waals surface area contributed by atoms with Gasteiger partial charge in [0.1, 0.15) is 12.2 Å². The zero-order valence-corrected chi connectivity index (χ0v) is 12.6. The SMILES string of the molecule is CNC[C@@H](O)c1ccccn1.O[C@H](CCl)c1ccccn1. The molecule has 0 spiro atoms. The lowest BCUT2D eigenvalue weighted by molar-refractivity contribution is 0.173. The van der Waals surface area contributed by atoms with Crippen molar-refractivity contribution in [3.05, 3.63) is 60.2 Å². The molecule has 0 saturated carbocycles. The maximum Gasteiger partial charge on any atom is 0.109 e. The average Bonchev–Trinajstić information content (AvgIpc) is 2.56. The molecular formula is C15H20ClN3O2. The van der Waals surface area contributed by atoms with Gasteiger partial charge in [0.2, 0.25) is 0 Å². The van der Waals surface area contributed by atoms with Gasteiger partial charge < -0.3 is 15.5 Å². The van der Waals surface area contributed by atoms with E-state index < -0.39 is 12.2 Å². The summed E-state index contributed by atoms with van der Waals surface area (Å²) >= 11 is 5.40. The average molecular weight is 310 g/mol. The fraction of sp³-hybridized carbons (Fsp3) is 0.333. The zero-order chi connectivity index (χ0) is 15.5. The van der Waals surface area contributed by atoms with Crippen molar-refractivity contribution in [2.75, 3.05) is 19.5 Å². The molecule has 2 atom stereocenters. The molecule has 6 heteroatoms. The number of aromatic nitrogens is 2. The molecule has 0 aliphatic rings. The van der Waals surface area contributed by atoms with Gasteiger partial charge in [-0.25, -0.2) is 0 Å². The number of rotatable bonds is 5. The highest BCUT2D eigenvalue weighted by Gasteiger charge is 2.05. The molecule has 2 heterocycles. The molecule has 0 aliphatic heterocycles. The predicted octanol–water partition coefficient (Wildman–Crippen LogP) is 1.69. The highest BCUT2D eigenvalue weighted by Crippen LogP contribution is 2.09. The van der Waals surface area contributed by atoms with Crippen LogP contribution < -0.4 is 5.32 Å². The molecule has 2 aromatic rings. The van der Waals surface area contributed by atoms with Crippen LogP contribution in [-0.2, 0) is 0 Å². The van der Waals surface area contributed by atoms with E-state index >= 15 is 0 Å². The van der Waals surface area contributed by atoms with Gasteiger partial charge in [-0.15, -0.1) is 11.6 Å². The number of nitrogens with one attached hydrogen (secondary N) is 1. The van der Waals surface area contributed by atoms with Crippen LogP contribution in [0.4, 0.5) is 0 Å². The van der Waals surface area contributed by atoms with E-state index in [-0.39, 0.29) is 5.88 Å². The van der Waals surface area contributed by atoms with Gasteiger partial charge in [0, 0.05) is 18.9 Å². The Morgan fingerprint density at radius 3 is 1.90 bits per heavy atom. The van der Waals surface area contributed by atoms with E-state index in [4.69, 9.17) is 16.7 Å². The Balaban J connectivity index is 0.000000211. The Morgan fingerprint density at radius 2 is 1.52 bits per heavy atom. The second kappa shape index (κ2) is 10.2. The Labute approximate surface area is 129 Å². The van der Waals surface area contributed by atoms with Crippen LogP contribution in [-0.4, -0.2) is 39.7 Å². The summed E-state index contributed by atoms with van der Waals surface area (Å²) in [6.07, 6.45) is 2.17. The van der Waals surface area contributed by atoms with Crippen molar-refractivity contribution in [1.82, 2.24) is 15.3 Å². The number of aliphatic hydroxyl groups is 2. The number of likely N-dealkylation sites (N-methyl/N-ethyl adjacent to an activating group) is 1. The Bertz CT molecular complexity index is 485. The van der Waals surface area contributed by atoms with Crippen molar-refractivity contribution < 1.29 is 10.2 Å². The normalized spacial score (nSPS) is 13.0. The lowest BCUT2D eigenvalue weighted by atomic mass is 10.2. The van der Waals surface area contributed by atoms with Crippen LogP contribution in [0.1, 0.15) is 23.6 Å². The van der Waals surface area contributed by atoms with Crippen molar-refractivity contribution >= 4 is 11.6 Å². The van der Waals surface area contributed by atoms with Crippen LogP contribution in [0.2, 0.25) is 0 Å². The molecule has 3 N–H and O–H groups in total. The number of alkyl halides is 1.